The number of aromatic nitrogens is 5. The van der Waals surface area contributed by atoms with Crippen LogP contribution in [0, 0.1) is 6.92 Å². The highest BCUT2D eigenvalue weighted by Gasteiger charge is 2.29. The minimum absolute atomic E-state index is 0.0949. The first-order valence-electron chi connectivity index (χ1n) is 11.1. The Morgan fingerprint density at radius 3 is 2.84 bits per heavy atom. The average Bonchev–Trinajstić information content (AvgIpc) is 3.42. The number of nitrogens with zero attached hydrogens (tertiary/aromatic N) is 6. The molecule has 0 spiro atoms. The number of hydrogen-bond acceptors (Lipinski definition) is 5. The zero-order valence-corrected chi connectivity index (χ0v) is 18.3. The Kier molecular flexibility index (Phi) is 6.64. The fraction of sp³-hybridized carbons (Fsp3) is 0.478. The molecule has 0 bridgehead atoms. The Balaban J connectivity index is 1.35. The SMILES string of the molecule is CCn1ncc(C(=O)N2CCCCC2CCn2cc(COc3ccccc3)nn2)c1C. The van der Waals surface area contributed by atoms with Crippen LogP contribution in [-0.2, 0) is 19.7 Å². The molecule has 8 nitrogen and oxygen atoms in total. The molecule has 3 heterocycles. The molecule has 1 aliphatic rings. The molecule has 1 aliphatic heterocycles. The van der Waals surface area contributed by atoms with Crippen LogP contribution in [0.2, 0.25) is 0 Å². The molecule has 1 amide bonds. The molecular weight excluding hydrogens is 392 g/mol. The Morgan fingerprint density at radius 1 is 1.23 bits per heavy atom. The molecule has 0 saturated carbocycles. The predicted octanol–water partition coefficient (Wildman–Crippen LogP) is 3.47. The molecule has 1 fully saturated rings. The lowest BCUT2D eigenvalue weighted by Gasteiger charge is -2.35. The Hall–Kier alpha value is -3.16. The van der Waals surface area contributed by atoms with Gasteiger partial charge in [-0.05, 0) is 51.7 Å². The predicted molar refractivity (Wildman–Crippen MR) is 117 cm³/mol. The first-order chi connectivity index (χ1) is 15.2. The summed E-state index contributed by atoms with van der Waals surface area (Å²) in [5.41, 5.74) is 2.45. The lowest BCUT2D eigenvalue weighted by Crippen LogP contribution is -2.44. The number of para-hydroxylation sites is 1. The van der Waals surface area contributed by atoms with Crippen molar-refractivity contribution in [1.29, 1.82) is 0 Å². The van der Waals surface area contributed by atoms with Crippen molar-refractivity contribution < 1.29 is 9.53 Å². The topological polar surface area (TPSA) is 78.1 Å². The van der Waals surface area contributed by atoms with Crippen molar-refractivity contribution in [3.05, 3.63) is 59.7 Å². The van der Waals surface area contributed by atoms with Crippen molar-refractivity contribution in [2.24, 2.45) is 0 Å². The quantitative estimate of drug-likeness (QED) is 0.555. The standard InChI is InChI=1S/C23H30N6O2/c1-3-29-18(2)22(15-24-29)23(30)28-13-8-7-9-20(28)12-14-27-16-19(25-26-27)17-31-21-10-5-4-6-11-21/h4-6,10-11,15-16,20H,3,7-9,12-14,17H2,1-2H3. The fourth-order valence-corrected chi connectivity index (χ4v) is 4.17. The zero-order valence-electron chi connectivity index (χ0n) is 18.3. The smallest absolute Gasteiger partial charge is 0.257 e. The van der Waals surface area contributed by atoms with Crippen LogP contribution in [0.25, 0.3) is 0 Å². The summed E-state index contributed by atoms with van der Waals surface area (Å²) in [4.78, 5) is 15.2. The van der Waals surface area contributed by atoms with E-state index in [4.69, 9.17) is 4.74 Å². The van der Waals surface area contributed by atoms with Crippen molar-refractivity contribution in [3.8, 4) is 5.75 Å². The van der Waals surface area contributed by atoms with Crippen LogP contribution in [0.1, 0.15) is 54.4 Å². The second-order valence-corrected chi connectivity index (χ2v) is 7.97. The largest absolute Gasteiger partial charge is 0.487 e. The summed E-state index contributed by atoms with van der Waals surface area (Å²) in [6, 6.07) is 9.89. The summed E-state index contributed by atoms with van der Waals surface area (Å²) in [7, 11) is 0. The normalized spacial score (nSPS) is 16.5. The molecule has 1 aromatic carbocycles. The number of rotatable bonds is 8. The molecule has 0 aliphatic carbocycles. The van der Waals surface area contributed by atoms with Crippen LogP contribution in [0.5, 0.6) is 5.75 Å². The van der Waals surface area contributed by atoms with Gasteiger partial charge in [0.1, 0.15) is 18.1 Å². The summed E-state index contributed by atoms with van der Waals surface area (Å²) < 4.78 is 9.47. The van der Waals surface area contributed by atoms with E-state index in [0.717, 1.165) is 68.0 Å². The van der Waals surface area contributed by atoms with Crippen molar-refractivity contribution in [3.63, 3.8) is 0 Å². The van der Waals surface area contributed by atoms with E-state index in [1.54, 1.807) is 6.20 Å². The van der Waals surface area contributed by atoms with Crippen molar-refractivity contribution >= 4 is 5.91 Å². The van der Waals surface area contributed by atoms with Crippen molar-refractivity contribution in [2.45, 2.75) is 65.3 Å². The molecule has 2 aromatic heterocycles. The van der Waals surface area contributed by atoms with Gasteiger partial charge in [-0.1, -0.05) is 23.4 Å². The average molecular weight is 423 g/mol. The first kappa shape index (κ1) is 21.1. The highest BCUT2D eigenvalue weighted by molar-refractivity contribution is 5.95. The van der Waals surface area contributed by atoms with E-state index >= 15 is 0 Å². The van der Waals surface area contributed by atoms with Crippen LogP contribution >= 0.6 is 0 Å². The molecule has 1 saturated heterocycles. The maximum absolute atomic E-state index is 13.2. The van der Waals surface area contributed by atoms with E-state index in [-0.39, 0.29) is 11.9 Å². The second-order valence-electron chi connectivity index (χ2n) is 7.97. The molecule has 0 radical (unpaired) electrons. The molecule has 8 heteroatoms. The number of benzene rings is 1. The van der Waals surface area contributed by atoms with E-state index in [1.807, 2.05) is 64.6 Å². The third kappa shape index (κ3) is 4.95. The van der Waals surface area contributed by atoms with E-state index in [9.17, 15) is 4.79 Å². The Labute approximate surface area is 182 Å². The van der Waals surface area contributed by atoms with Gasteiger partial charge in [0.25, 0.3) is 5.91 Å². The van der Waals surface area contributed by atoms with Crippen LogP contribution < -0.4 is 4.74 Å². The Bertz CT molecular complexity index is 997. The Morgan fingerprint density at radius 2 is 2.06 bits per heavy atom. The van der Waals surface area contributed by atoms with E-state index in [1.165, 1.54) is 0 Å². The van der Waals surface area contributed by atoms with E-state index in [2.05, 4.69) is 15.4 Å². The third-order valence-corrected chi connectivity index (χ3v) is 5.93. The number of ether oxygens (including phenoxy) is 1. The summed E-state index contributed by atoms with van der Waals surface area (Å²) in [6.07, 6.45) is 7.71. The first-order valence-corrected chi connectivity index (χ1v) is 11.1. The van der Waals surface area contributed by atoms with Gasteiger partial charge in [-0.15, -0.1) is 5.10 Å². The lowest BCUT2D eigenvalue weighted by atomic mass is 9.98. The number of hydrogen-bond donors (Lipinski definition) is 0. The van der Waals surface area contributed by atoms with Gasteiger partial charge in [0, 0.05) is 31.4 Å². The van der Waals surface area contributed by atoms with Gasteiger partial charge in [0.15, 0.2) is 0 Å². The third-order valence-electron chi connectivity index (χ3n) is 5.93. The number of likely N-dealkylation sites (tertiary alicyclic amines) is 1. The maximum atomic E-state index is 13.2. The summed E-state index contributed by atoms with van der Waals surface area (Å²) in [6.45, 7) is 6.68. The molecule has 0 N–H and O–H groups in total. The van der Waals surface area contributed by atoms with Crippen LogP contribution in [0.3, 0.4) is 0 Å². The van der Waals surface area contributed by atoms with Gasteiger partial charge < -0.3 is 9.64 Å². The highest BCUT2D eigenvalue weighted by atomic mass is 16.5. The molecule has 1 atom stereocenters. The second kappa shape index (κ2) is 9.76. The van der Waals surface area contributed by atoms with E-state index < -0.39 is 0 Å². The zero-order chi connectivity index (χ0) is 21.6. The number of piperidine rings is 1. The van der Waals surface area contributed by atoms with Gasteiger partial charge in [0.2, 0.25) is 0 Å². The number of aryl methyl sites for hydroxylation is 2. The molecule has 164 valence electrons. The highest BCUT2D eigenvalue weighted by Crippen LogP contribution is 2.23. The monoisotopic (exact) mass is 422 g/mol. The van der Waals surface area contributed by atoms with Crippen molar-refractivity contribution in [2.75, 3.05) is 6.54 Å². The van der Waals surface area contributed by atoms with E-state index in [0.29, 0.717) is 6.61 Å². The summed E-state index contributed by atoms with van der Waals surface area (Å²) in [5.74, 6) is 0.910. The molecule has 3 aromatic rings. The number of amides is 1. The molecule has 31 heavy (non-hydrogen) atoms. The fourth-order valence-electron chi connectivity index (χ4n) is 4.17. The van der Waals surface area contributed by atoms with Gasteiger partial charge in [-0.25, -0.2) is 0 Å². The van der Waals surface area contributed by atoms with Gasteiger partial charge in [-0.3, -0.25) is 14.2 Å². The maximum Gasteiger partial charge on any atom is 0.257 e. The van der Waals surface area contributed by atoms with Crippen LogP contribution in [0.15, 0.2) is 42.7 Å². The van der Waals surface area contributed by atoms with Crippen molar-refractivity contribution in [1.82, 2.24) is 29.7 Å². The molecular formula is C23H30N6O2. The summed E-state index contributed by atoms with van der Waals surface area (Å²) in [5, 5.41) is 12.8. The van der Waals surface area contributed by atoms with Gasteiger partial charge in [-0.2, -0.15) is 5.10 Å². The van der Waals surface area contributed by atoms with Gasteiger partial charge >= 0.3 is 0 Å². The molecule has 4 rings (SSSR count). The lowest BCUT2D eigenvalue weighted by molar-refractivity contribution is 0.0593. The van der Waals surface area contributed by atoms with Gasteiger partial charge in [0.05, 0.1) is 18.0 Å². The summed E-state index contributed by atoms with van der Waals surface area (Å²) >= 11 is 0. The number of carbonyl (C=O) groups is 1. The van der Waals surface area contributed by atoms with Crippen LogP contribution in [-0.4, -0.2) is 48.2 Å². The minimum Gasteiger partial charge on any atom is -0.487 e. The number of carbonyl (C=O) groups excluding carboxylic acids is 1. The minimum atomic E-state index is 0.0949. The van der Waals surface area contributed by atoms with Crippen LogP contribution in [0.4, 0.5) is 0 Å². The molecule has 1 unspecified atom stereocenters.